The van der Waals surface area contributed by atoms with E-state index < -0.39 is 0 Å². The first-order valence-electron chi connectivity index (χ1n) is 7.27. The molecule has 0 fully saturated rings. The molecule has 0 aliphatic carbocycles. The lowest BCUT2D eigenvalue weighted by atomic mass is 9.94. The molecule has 1 unspecified atom stereocenters. The highest BCUT2D eigenvalue weighted by molar-refractivity contribution is 5.36. The molecule has 0 aliphatic rings. The van der Waals surface area contributed by atoms with Crippen LogP contribution in [0.25, 0.3) is 0 Å². The lowest BCUT2D eigenvalue weighted by Crippen LogP contribution is -2.06. The van der Waals surface area contributed by atoms with Gasteiger partial charge in [0.2, 0.25) is 0 Å². The van der Waals surface area contributed by atoms with E-state index in [1.807, 2.05) is 44.2 Å². The summed E-state index contributed by atoms with van der Waals surface area (Å²) in [4.78, 5) is 0. The zero-order valence-electron chi connectivity index (χ0n) is 12.9. The average molecular weight is 279 g/mol. The van der Waals surface area contributed by atoms with Gasteiger partial charge in [-0.3, -0.25) is 0 Å². The molecular weight excluding hydrogens is 258 g/mol. The summed E-state index contributed by atoms with van der Waals surface area (Å²) in [7, 11) is 0. The molecule has 2 heteroatoms. The molecule has 0 saturated carbocycles. The summed E-state index contributed by atoms with van der Waals surface area (Å²) in [6.07, 6.45) is 0.703. The van der Waals surface area contributed by atoms with Crippen molar-refractivity contribution in [2.24, 2.45) is 0 Å². The van der Waals surface area contributed by atoms with Gasteiger partial charge in [-0.25, -0.2) is 0 Å². The summed E-state index contributed by atoms with van der Waals surface area (Å²) in [5, 5.41) is 9.39. The van der Waals surface area contributed by atoms with Crippen molar-refractivity contribution in [1.29, 1.82) is 5.26 Å². The molecule has 0 bridgehead atoms. The molecule has 2 nitrogen and oxygen atoms in total. The van der Waals surface area contributed by atoms with Crippen molar-refractivity contribution in [2.75, 3.05) is 6.61 Å². The van der Waals surface area contributed by atoms with E-state index in [-0.39, 0.29) is 5.92 Å². The molecule has 21 heavy (non-hydrogen) atoms. The molecular formula is C19H21NO. The Morgan fingerprint density at radius 2 is 1.81 bits per heavy atom. The Hall–Kier alpha value is -2.27. The van der Waals surface area contributed by atoms with Crippen LogP contribution in [0.5, 0.6) is 5.75 Å². The second-order valence-electron chi connectivity index (χ2n) is 5.44. The van der Waals surface area contributed by atoms with Crippen LogP contribution in [0.2, 0.25) is 0 Å². The standard InChI is InChI=1S/C19H21NO/c1-14-8-9-16(3)19(12-14)21-11-10-17(13-20)18-7-5-4-6-15(18)2/h4-9,12,17H,10-11H2,1-3H3. The smallest absolute Gasteiger partial charge is 0.122 e. The second-order valence-corrected chi connectivity index (χ2v) is 5.44. The zero-order chi connectivity index (χ0) is 15.2. The molecule has 0 aliphatic heterocycles. The molecule has 108 valence electrons. The third kappa shape index (κ3) is 3.86. The fourth-order valence-corrected chi connectivity index (χ4v) is 2.42. The van der Waals surface area contributed by atoms with E-state index in [1.165, 1.54) is 5.56 Å². The minimum Gasteiger partial charge on any atom is -0.493 e. The third-order valence-corrected chi connectivity index (χ3v) is 3.73. The third-order valence-electron chi connectivity index (χ3n) is 3.73. The highest BCUT2D eigenvalue weighted by atomic mass is 16.5. The average Bonchev–Trinajstić information content (AvgIpc) is 2.48. The maximum atomic E-state index is 9.39. The quantitative estimate of drug-likeness (QED) is 0.795. The van der Waals surface area contributed by atoms with Crippen molar-refractivity contribution in [2.45, 2.75) is 33.1 Å². The fraction of sp³-hybridized carbons (Fsp3) is 0.316. The summed E-state index contributed by atoms with van der Waals surface area (Å²) in [6.45, 7) is 6.69. The fourth-order valence-electron chi connectivity index (χ4n) is 2.42. The summed E-state index contributed by atoms with van der Waals surface area (Å²) >= 11 is 0. The van der Waals surface area contributed by atoms with Gasteiger partial charge in [0.25, 0.3) is 0 Å². The van der Waals surface area contributed by atoms with E-state index in [9.17, 15) is 5.26 Å². The van der Waals surface area contributed by atoms with Crippen LogP contribution >= 0.6 is 0 Å². The van der Waals surface area contributed by atoms with Gasteiger partial charge in [-0.15, -0.1) is 0 Å². The van der Waals surface area contributed by atoms with Gasteiger partial charge in [0.05, 0.1) is 18.6 Å². The number of nitrogens with zero attached hydrogens (tertiary/aromatic N) is 1. The van der Waals surface area contributed by atoms with Crippen molar-refractivity contribution in [1.82, 2.24) is 0 Å². The van der Waals surface area contributed by atoms with Gasteiger partial charge in [0, 0.05) is 6.42 Å². The Morgan fingerprint density at radius 3 is 2.52 bits per heavy atom. The molecule has 0 N–H and O–H groups in total. The van der Waals surface area contributed by atoms with Crippen LogP contribution in [0.15, 0.2) is 42.5 Å². The Morgan fingerprint density at radius 1 is 1.05 bits per heavy atom. The number of rotatable bonds is 5. The summed E-state index contributed by atoms with van der Waals surface area (Å²) in [5.41, 5.74) is 4.58. The van der Waals surface area contributed by atoms with Gasteiger partial charge in [0.15, 0.2) is 0 Å². The number of aryl methyl sites for hydroxylation is 3. The van der Waals surface area contributed by atoms with Gasteiger partial charge < -0.3 is 4.74 Å². The Labute approximate surface area is 127 Å². The Kier molecular flexibility index (Phi) is 5.00. The molecule has 0 heterocycles. The van der Waals surface area contributed by atoms with E-state index >= 15 is 0 Å². The van der Waals surface area contributed by atoms with Crippen LogP contribution in [0.4, 0.5) is 0 Å². The predicted molar refractivity (Wildman–Crippen MR) is 85.6 cm³/mol. The van der Waals surface area contributed by atoms with Crippen LogP contribution < -0.4 is 4.74 Å². The van der Waals surface area contributed by atoms with Gasteiger partial charge >= 0.3 is 0 Å². The number of benzene rings is 2. The van der Waals surface area contributed by atoms with Crippen LogP contribution in [0.3, 0.4) is 0 Å². The molecule has 1 atom stereocenters. The van der Waals surface area contributed by atoms with Crippen LogP contribution in [0.1, 0.15) is 34.6 Å². The van der Waals surface area contributed by atoms with Gasteiger partial charge in [-0.1, -0.05) is 36.4 Å². The second kappa shape index (κ2) is 6.95. The maximum absolute atomic E-state index is 9.39. The molecule has 2 rings (SSSR count). The topological polar surface area (TPSA) is 33.0 Å². The highest BCUT2D eigenvalue weighted by Gasteiger charge is 2.13. The van der Waals surface area contributed by atoms with Crippen molar-refractivity contribution in [3.63, 3.8) is 0 Å². The summed E-state index contributed by atoms with van der Waals surface area (Å²) in [5.74, 6) is 0.799. The molecule has 0 radical (unpaired) electrons. The predicted octanol–water partition coefficient (Wildman–Crippen LogP) is 4.69. The molecule has 0 amide bonds. The molecule has 0 saturated heterocycles. The lowest BCUT2D eigenvalue weighted by Gasteiger charge is -2.14. The zero-order valence-corrected chi connectivity index (χ0v) is 12.9. The molecule has 2 aromatic rings. The molecule has 0 spiro atoms. The highest BCUT2D eigenvalue weighted by Crippen LogP contribution is 2.24. The number of hydrogen-bond donors (Lipinski definition) is 0. The monoisotopic (exact) mass is 279 g/mol. The van der Waals surface area contributed by atoms with Crippen LogP contribution in [-0.4, -0.2) is 6.61 Å². The largest absolute Gasteiger partial charge is 0.493 e. The first-order chi connectivity index (χ1) is 10.1. The Balaban J connectivity index is 2.00. The van der Waals surface area contributed by atoms with Crippen molar-refractivity contribution >= 4 is 0 Å². The first kappa shape index (κ1) is 15.1. The van der Waals surface area contributed by atoms with E-state index in [4.69, 9.17) is 4.74 Å². The van der Waals surface area contributed by atoms with Crippen LogP contribution in [-0.2, 0) is 0 Å². The molecule has 0 aromatic heterocycles. The van der Waals surface area contributed by atoms with Gasteiger partial charge in [-0.2, -0.15) is 5.26 Å². The Bertz CT molecular complexity index is 655. The van der Waals surface area contributed by atoms with Crippen molar-refractivity contribution in [3.05, 3.63) is 64.7 Å². The number of ether oxygens (including phenoxy) is 1. The number of hydrogen-bond acceptors (Lipinski definition) is 2. The van der Waals surface area contributed by atoms with Crippen molar-refractivity contribution in [3.8, 4) is 11.8 Å². The minimum atomic E-state index is -0.115. The first-order valence-corrected chi connectivity index (χ1v) is 7.27. The lowest BCUT2D eigenvalue weighted by molar-refractivity contribution is 0.303. The van der Waals surface area contributed by atoms with E-state index in [2.05, 4.69) is 25.1 Å². The van der Waals surface area contributed by atoms with Crippen molar-refractivity contribution < 1.29 is 4.74 Å². The normalized spacial score (nSPS) is 11.7. The van der Waals surface area contributed by atoms with E-state index in [0.29, 0.717) is 13.0 Å². The number of nitriles is 1. The van der Waals surface area contributed by atoms with Gasteiger partial charge in [0.1, 0.15) is 5.75 Å². The SMILES string of the molecule is Cc1ccc(C)c(OCCC(C#N)c2ccccc2C)c1. The maximum Gasteiger partial charge on any atom is 0.122 e. The van der Waals surface area contributed by atoms with E-state index in [1.54, 1.807) is 0 Å². The van der Waals surface area contributed by atoms with E-state index in [0.717, 1.165) is 22.4 Å². The minimum absolute atomic E-state index is 0.115. The molecule has 2 aromatic carbocycles. The van der Waals surface area contributed by atoms with Gasteiger partial charge in [-0.05, 0) is 49.1 Å². The van der Waals surface area contributed by atoms with Crippen LogP contribution in [0, 0.1) is 32.1 Å². The summed E-state index contributed by atoms with van der Waals surface area (Å²) < 4.78 is 5.86. The summed E-state index contributed by atoms with van der Waals surface area (Å²) in [6, 6.07) is 16.6.